The van der Waals surface area contributed by atoms with E-state index in [9.17, 15) is 0 Å². The predicted octanol–water partition coefficient (Wildman–Crippen LogP) is 3.66. The monoisotopic (exact) mass is 226 g/mol. The second kappa shape index (κ2) is 39.0. The maximum Gasteiger partial charge on any atom is 2.00 e. The largest absolute Gasteiger partial charge is 2.00 e. The quantitative estimate of drug-likeness (QED) is 0.649. The van der Waals surface area contributed by atoms with Crippen LogP contribution >= 0.6 is 0 Å². The summed E-state index contributed by atoms with van der Waals surface area (Å²) < 4.78 is 0. The molecule has 0 amide bonds. The van der Waals surface area contributed by atoms with Crippen LogP contribution < -0.4 is 0 Å². The van der Waals surface area contributed by atoms with Crippen LogP contribution in [0.4, 0.5) is 0 Å². The zero-order valence-electron chi connectivity index (χ0n) is 10.7. The second-order valence-corrected chi connectivity index (χ2v) is 2.30. The summed E-state index contributed by atoms with van der Waals surface area (Å²) in [7, 11) is 4.17. The van der Waals surface area contributed by atoms with Crippen molar-refractivity contribution in [2.45, 2.75) is 40.5 Å². The Balaban J connectivity index is -0.0000000268. The average Bonchev–Trinajstić information content (AvgIpc) is 1.93. The van der Waals surface area contributed by atoms with Gasteiger partial charge in [0.2, 0.25) is 0 Å². The van der Waals surface area contributed by atoms with Crippen LogP contribution in [0.5, 0.6) is 0 Å². The van der Waals surface area contributed by atoms with Gasteiger partial charge in [-0.3, -0.25) is 0 Å². The van der Waals surface area contributed by atoms with Crippen molar-refractivity contribution < 1.29 is 18.6 Å². The van der Waals surface area contributed by atoms with Crippen molar-refractivity contribution in [2.75, 3.05) is 20.6 Å². The third-order valence-corrected chi connectivity index (χ3v) is 0.671. The summed E-state index contributed by atoms with van der Waals surface area (Å²) in [4.78, 5) is 2.18. The molecule has 0 aliphatic heterocycles. The molecule has 0 aromatic heterocycles. The van der Waals surface area contributed by atoms with Crippen LogP contribution in [0.3, 0.4) is 0 Å². The number of hydrogen-bond donors (Lipinski definition) is 0. The number of hydrogen-bond acceptors (Lipinski definition) is 1. The van der Waals surface area contributed by atoms with E-state index in [1.54, 1.807) is 0 Å². The van der Waals surface area contributed by atoms with Gasteiger partial charge in [0.1, 0.15) is 0 Å². The molecule has 0 aliphatic rings. The van der Waals surface area contributed by atoms with E-state index in [1.165, 1.54) is 13.0 Å². The van der Waals surface area contributed by atoms with E-state index in [1.807, 2.05) is 20.8 Å². The van der Waals surface area contributed by atoms with Crippen molar-refractivity contribution in [3.05, 3.63) is 14.4 Å². The molecule has 0 fully saturated rings. The minimum absolute atomic E-state index is 0. The van der Waals surface area contributed by atoms with Crippen molar-refractivity contribution in [3.63, 3.8) is 0 Å². The SMILES string of the molecule is CC.CCCN(C)C.[CH2-]CC.[CH3-].[V+2]. The molecule has 0 heterocycles. The number of nitrogens with zero attached hydrogens (tertiary/aromatic N) is 1. The fourth-order valence-corrected chi connectivity index (χ4v) is 0.447. The molecule has 1 nitrogen and oxygen atoms in total. The van der Waals surface area contributed by atoms with Gasteiger partial charge in [0.05, 0.1) is 0 Å². The number of rotatable bonds is 2. The fourth-order valence-electron chi connectivity index (χ4n) is 0.447. The van der Waals surface area contributed by atoms with Gasteiger partial charge in [-0.25, -0.2) is 0 Å². The summed E-state index contributed by atoms with van der Waals surface area (Å²) in [6.07, 6.45) is 2.26. The third kappa shape index (κ3) is 111. The van der Waals surface area contributed by atoms with E-state index in [4.69, 9.17) is 0 Å². The van der Waals surface area contributed by atoms with Gasteiger partial charge in [0, 0.05) is 0 Å². The first kappa shape index (κ1) is 29.2. The van der Waals surface area contributed by atoms with Crippen molar-refractivity contribution in [1.82, 2.24) is 4.90 Å². The Bertz CT molecular complexity index is 39.1. The molecule has 0 aromatic carbocycles. The van der Waals surface area contributed by atoms with E-state index in [0.717, 1.165) is 6.42 Å². The molecule has 1 radical (unpaired) electrons. The maximum atomic E-state index is 3.49. The molecule has 0 atom stereocenters. The molecule has 0 unspecified atom stereocenters. The van der Waals surface area contributed by atoms with Gasteiger partial charge in [-0.05, 0) is 27.1 Å². The Hall–Kier alpha value is 0.544. The molecule has 83 valence electrons. The molecular formula is C11H29NV. The molecule has 0 bridgehead atoms. The standard InChI is InChI=1S/C5H13N.C3H7.C2H6.CH3.V/c1-4-5-6(2)3;1-3-2;1-2;;/h4-5H2,1-3H3;1,3H2,2H3;1-2H3;1H3;/q;-1;;-1;+2. The molecule has 0 N–H and O–H groups in total. The summed E-state index contributed by atoms with van der Waals surface area (Å²) in [6, 6.07) is 0. The van der Waals surface area contributed by atoms with Gasteiger partial charge in [-0.2, -0.15) is 6.42 Å². The van der Waals surface area contributed by atoms with Crippen LogP contribution in [0, 0.1) is 14.4 Å². The molecule has 13 heavy (non-hydrogen) atoms. The van der Waals surface area contributed by atoms with Crippen LogP contribution in [0.2, 0.25) is 0 Å². The van der Waals surface area contributed by atoms with Gasteiger partial charge < -0.3 is 19.3 Å². The minimum Gasteiger partial charge on any atom is -0.358 e. The van der Waals surface area contributed by atoms with Crippen molar-refractivity contribution in [2.24, 2.45) is 0 Å². The first-order valence-corrected chi connectivity index (χ1v) is 4.62. The summed E-state index contributed by atoms with van der Waals surface area (Å²) in [5.41, 5.74) is 0. The Morgan fingerprint density at radius 2 is 1.31 bits per heavy atom. The summed E-state index contributed by atoms with van der Waals surface area (Å²) in [5.74, 6) is 0. The molecule has 0 saturated carbocycles. The van der Waals surface area contributed by atoms with Crippen LogP contribution in [0.1, 0.15) is 40.5 Å². The topological polar surface area (TPSA) is 3.24 Å². The van der Waals surface area contributed by atoms with Crippen LogP contribution in [-0.4, -0.2) is 25.5 Å². The molecule has 0 saturated heterocycles. The molecule has 0 aromatic rings. The van der Waals surface area contributed by atoms with Gasteiger partial charge in [0.15, 0.2) is 0 Å². The van der Waals surface area contributed by atoms with E-state index in [-0.39, 0.29) is 26.0 Å². The van der Waals surface area contributed by atoms with E-state index in [0.29, 0.717) is 0 Å². The first-order chi connectivity index (χ1) is 5.18. The van der Waals surface area contributed by atoms with Gasteiger partial charge in [-0.1, -0.05) is 27.7 Å². The van der Waals surface area contributed by atoms with E-state index in [2.05, 4.69) is 32.8 Å². The van der Waals surface area contributed by atoms with Gasteiger partial charge in [0.25, 0.3) is 0 Å². The van der Waals surface area contributed by atoms with Crippen molar-refractivity contribution in [1.29, 1.82) is 0 Å². The maximum absolute atomic E-state index is 3.49. The smallest absolute Gasteiger partial charge is 0.358 e. The molecule has 0 aliphatic carbocycles. The summed E-state index contributed by atoms with van der Waals surface area (Å²) in [5, 5.41) is 0. The predicted molar refractivity (Wildman–Crippen MR) is 62.3 cm³/mol. The zero-order chi connectivity index (χ0) is 9.70. The Morgan fingerprint density at radius 1 is 1.08 bits per heavy atom. The van der Waals surface area contributed by atoms with E-state index < -0.39 is 0 Å². The van der Waals surface area contributed by atoms with Crippen molar-refractivity contribution in [3.8, 4) is 0 Å². The van der Waals surface area contributed by atoms with Gasteiger partial charge >= 0.3 is 18.6 Å². The third-order valence-electron chi connectivity index (χ3n) is 0.671. The van der Waals surface area contributed by atoms with Crippen LogP contribution in [0.15, 0.2) is 0 Å². The minimum atomic E-state index is 0. The molecular weight excluding hydrogens is 197 g/mol. The van der Waals surface area contributed by atoms with Gasteiger partial charge in [-0.15, -0.1) is 0 Å². The first-order valence-electron chi connectivity index (χ1n) is 4.62. The Morgan fingerprint density at radius 3 is 1.31 bits per heavy atom. The zero-order valence-corrected chi connectivity index (χ0v) is 12.1. The average molecular weight is 226 g/mol. The Labute approximate surface area is 99.2 Å². The Kier molecular flexibility index (Phi) is 87.7. The normalized spacial score (nSPS) is 6.46. The fraction of sp³-hybridized carbons (Fsp3) is 0.818. The van der Waals surface area contributed by atoms with Crippen molar-refractivity contribution >= 4 is 0 Å². The molecule has 2 heteroatoms. The van der Waals surface area contributed by atoms with Crippen LogP contribution in [0.25, 0.3) is 0 Å². The second-order valence-electron chi connectivity index (χ2n) is 2.30. The summed E-state index contributed by atoms with van der Waals surface area (Å²) >= 11 is 0. The molecule has 0 rings (SSSR count). The molecule has 0 spiro atoms. The van der Waals surface area contributed by atoms with E-state index >= 15 is 0 Å². The van der Waals surface area contributed by atoms with Crippen LogP contribution in [-0.2, 0) is 18.6 Å². The summed E-state index contributed by atoms with van der Waals surface area (Å²) in [6.45, 7) is 12.9.